The Morgan fingerprint density at radius 2 is 1.83 bits per heavy atom. The number of allylic oxidation sites excluding steroid dienone is 2. The average molecular weight is 324 g/mol. The Morgan fingerprint density at radius 1 is 1.08 bits per heavy atom. The molecule has 126 valence electrons. The van der Waals surface area contributed by atoms with E-state index in [1.165, 1.54) is 29.0 Å². The number of carbonyl (C=O) groups is 2. The van der Waals surface area contributed by atoms with E-state index in [4.69, 9.17) is 0 Å². The third kappa shape index (κ3) is 2.36. The predicted octanol–water partition coefficient (Wildman–Crippen LogP) is 3.60. The van der Waals surface area contributed by atoms with Gasteiger partial charge in [-0.2, -0.15) is 0 Å². The number of rotatable bonds is 1. The number of nitrogens with one attached hydrogen (secondary N) is 1. The molecular weight excluding hydrogens is 300 g/mol. The zero-order valence-corrected chi connectivity index (χ0v) is 14.3. The Balaban J connectivity index is 1.67. The van der Waals surface area contributed by atoms with Crippen LogP contribution in [0.4, 0.5) is 5.69 Å². The maximum absolute atomic E-state index is 13.0. The van der Waals surface area contributed by atoms with Crippen LogP contribution in [0, 0.1) is 17.3 Å². The van der Waals surface area contributed by atoms with Crippen LogP contribution in [0.3, 0.4) is 0 Å². The topological polar surface area (TPSA) is 49.4 Å². The van der Waals surface area contributed by atoms with Crippen LogP contribution in [0.15, 0.2) is 41.5 Å². The minimum atomic E-state index is -0.216. The summed E-state index contributed by atoms with van der Waals surface area (Å²) in [6.07, 6.45) is 4.94. The number of carbonyl (C=O) groups excluding carboxylic acids is 2. The molecule has 2 amide bonds. The lowest BCUT2D eigenvalue weighted by atomic mass is 9.62. The summed E-state index contributed by atoms with van der Waals surface area (Å²) in [5.41, 5.74) is 6.60. The second-order valence-corrected chi connectivity index (χ2v) is 7.93. The lowest BCUT2D eigenvalue weighted by Crippen LogP contribution is -2.60. The zero-order valence-electron chi connectivity index (χ0n) is 14.3. The minimum absolute atomic E-state index is 0.0172. The van der Waals surface area contributed by atoms with Crippen LogP contribution in [0.5, 0.6) is 0 Å². The van der Waals surface area contributed by atoms with E-state index in [2.05, 4.69) is 19.3 Å². The van der Waals surface area contributed by atoms with E-state index >= 15 is 0 Å². The summed E-state index contributed by atoms with van der Waals surface area (Å²) in [4.78, 5) is 25.7. The number of hydrogen-bond acceptors (Lipinski definition) is 2. The SMILES string of the molecule is CC1(C)CCCC2=C1C[C@H]1C(=O)NN(c3ccccc3)C(=O)[C@H]1C2. The van der Waals surface area contributed by atoms with Crippen LogP contribution >= 0.6 is 0 Å². The lowest BCUT2D eigenvalue weighted by molar-refractivity contribution is -0.140. The molecule has 3 aliphatic rings. The molecule has 1 aromatic carbocycles. The zero-order chi connectivity index (χ0) is 16.9. The molecule has 4 rings (SSSR count). The Hall–Kier alpha value is -2.10. The van der Waals surface area contributed by atoms with Gasteiger partial charge in [-0.05, 0) is 49.7 Å². The first-order valence-electron chi connectivity index (χ1n) is 8.88. The van der Waals surface area contributed by atoms with Crippen LogP contribution in [0.25, 0.3) is 0 Å². The van der Waals surface area contributed by atoms with Gasteiger partial charge in [-0.25, -0.2) is 5.01 Å². The maximum atomic E-state index is 13.0. The van der Waals surface area contributed by atoms with Gasteiger partial charge < -0.3 is 0 Å². The van der Waals surface area contributed by atoms with Crippen LogP contribution in [-0.4, -0.2) is 11.8 Å². The molecule has 0 saturated carbocycles. The van der Waals surface area contributed by atoms with Gasteiger partial charge in [0.1, 0.15) is 0 Å². The van der Waals surface area contributed by atoms with Crippen LogP contribution < -0.4 is 10.4 Å². The van der Waals surface area contributed by atoms with E-state index in [1.54, 1.807) is 0 Å². The lowest BCUT2D eigenvalue weighted by Gasteiger charge is -2.46. The molecule has 1 aromatic rings. The molecule has 1 heterocycles. The summed E-state index contributed by atoms with van der Waals surface area (Å²) < 4.78 is 0. The molecule has 1 saturated heterocycles. The number of anilines is 1. The van der Waals surface area contributed by atoms with Crippen LogP contribution in [0.1, 0.15) is 46.0 Å². The van der Waals surface area contributed by atoms with E-state index in [-0.39, 0.29) is 29.1 Å². The molecule has 1 N–H and O–H groups in total. The van der Waals surface area contributed by atoms with Crippen molar-refractivity contribution < 1.29 is 9.59 Å². The van der Waals surface area contributed by atoms with E-state index in [0.29, 0.717) is 0 Å². The van der Waals surface area contributed by atoms with Gasteiger partial charge in [0, 0.05) is 0 Å². The Morgan fingerprint density at radius 3 is 2.58 bits per heavy atom. The van der Waals surface area contributed by atoms with Crippen molar-refractivity contribution in [1.29, 1.82) is 0 Å². The monoisotopic (exact) mass is 324 g/mol. The number of benzene rings is 1. The smallest absolute Gasteiger partial charge is 0.249 e. The van der Waals surface area contributed by atoms with Crippen molar-refractivity contribution in [3.63, 3.8) is 0 Å². The Kier molecular flexibility index (Phi) is 3.52. The van der Waals surface area contributed by atoms with Gasteiger partial charge in [0.15, 0.2) is 0 Å². The van der Waals surface area contributed by atoms with Gasteiger partial charge in [0.25, 0.3) is 0 Å². The van der Waals surface area contributed by atoms with E-state index < -0.39 is 0 Å². The predicted molar refractivity (Wildman–Crippen MR) is 92.9 cm³/mol. The van der Waals surface area contributed by atoms with Gasteiger partial charge in [-0.15, -0.1) is 0 Å². The molecular formula is C20H24N2O2. The van der Waals surface area contributed by atoms with Crippen molar-refractivity contribution in [2.45, 2.75) is 46.0 Å². The second kappa shape index (κ2) is 5.47. The van der Waals surface area contributed by atoms with Crippen LogP contribution in [-0.2, 0) is 9.59 Å². The summed E-state index contributed by atoms with van der Waals surface area (Å²) in [7, 11) is 0. The molecule has 4 heteroatoms. The highest BCUT2D eigenvalue weighted by Gasteiger charge is 2.48. The average Bonchev–Trinajstić information content (AvgIpc) is 2.58. The Bertz CT molecular complexity index is 720. The number of hydrazine groups is 1. The molecule has 2 atom stereocenters. The summed E-state index contributed by atoms with van der Waals surface area (Å²) in [5, 5.41) is 1.45. The molecule has 2 aliphatic carbocycles. The summed E-state index contributed by atoms with van der Waals surface area (Å²) in [5.74, 6) is -0.419. The molecule has 1 aliphatic heterocycles. The number of nitrogens with zero attached hydrogens (tertiary/aromatic N) is 1. The Labute approximate surface area is 142 Å². The van der Waals surface area contributed by atoms with Crippen molar-refractivity contribution in [3.05, 3.63) is 41.5 Å². The molecule has 1 fully saturated rings. The van der Waals surface area contributed by atoms with Gasteiger partial charge in [0.2, 0.25) is 11.8 Å². The van der Waals surface area contributed by atoms with Crippen molar-refractivity contribution in [2.24, 2.45) is 17.3 Å². The van der Waals surface area contributed by atoms with Crippen molar-refractivity contribution in [2.75, 3.05) is 5.01 Å². The van der Waals surface area contributed by atoms with Gasteiger partial charge in [-0.1, -0.05) is 43.2 Å². The quantitative estimate of drug-likeness (QED) is 0.803. The van der Waals surface area contributed by atoms with E-state index in [9.17, 15) is 9.59 Å². The first-order valence-corrected chi connectivity index (χ1v) is 8.88. The fourth-order valence-electron chi connectivity index (χ4n) is 4.66. The molecule has 0 aromatic heterocycles. The van der Waals surface area contributed by atoms with Crippen molar-refractivity contribution in [3.8, 4) is 0 Å². The highest BCUT2D eigenvalue weighted by Crippen LogP contribution is 2.50. The highest BCUT2D eigenvalue weighted by atomic mass is 16.2. The standard InChI is InChI=1S/C20H24N2O2/c1-20(2)10-6-7-13-11-16-15(12-17(13)20)18(23)21-22(19(16)24)14-8-4-3-5-9-14/h3-5,8-9,15-16H,6-7,10-12H2,1-2H3,(H,21,23)/t15-,16+/m1/s1. The van der Waals surface area contributed by atoms with E-state index in [1.807, 2.05) is 30.3 Å². The third-order valence-electron chi connectivity index (χ3n) is 6.01. The van der Waals surface area contributed by atoms with Gasteiger partial charge in [-0.3, -0.25) is 15.0 Å². The molecule has 4 nitrogen and oxygen atoms in total. The fourth-order valence-corrected chi connectivity index (χ4v) is 4.66. The molecule has 0 radical (unpaired) electrons. The maximum Gasteiger partial charge on any atom is 0.249 e. The summed E-state index contributed by atoms with van der Waals surface area (Å²) in [6, 6.07) is 9.38. The molecule has 0 bridgehead atoms. The molecule has 24 heavy (non-hydrogen) atoms. The van der Waals surface area contributed by atoms with Crippen LogP contribution in [0.2, 0.25) is 0 Å². The van der Waals surface area contributed by atoms with Crippen molar-refractivity contribution in [1.82, 2.24) is 5.43 Å². The van der Waals surface area contributed by atoms with Crippen molar-refractivity contribution >= 4 is 17.5 Å². The fraction of sp³-hybridized carbons (Fsp3) is 0.500. The normalized spacial score (nSPS) is 29.0. The summed E-state index contributed by atoms with van der Waals surface area (Å²) in [6.45, 7) is 4.56. The largest absolute Gasteiger partial charge is 0.273 e. The number of para-hydroxylation sites is 1. The molecule has 0 unspecified atom stereocenters. The molecule has 0 spiro atoms. The van der Waals surface area contributed by atoms with E-state index in [0.717, 1.165) is 24.9 Å². The first kappa shape index (κ1) is 15.4. The third-order valence-corrected chi connectivity index (χ3v) is 6.01. The highest BCUT2D eigenvalue weighted by molar-refractivity contribution is 6.04. The van der Waals surface area contributed by atoms with Gasteiger partial charge >= 0.3 is 0 Å². The minimum Gasteiger partial charge on any atom is -0.273 e. The van der Waals surface area contributed by atoms with Gasteiger partial charge in [0.05, 0.1) is 17.5 Å². The summed E-state index contributed by atoms with van der Waals surface area (Å²) >= 11 is 0. The number of hydrogen-bond donors (Lipinski definition) is 1. The number of amides is 2. The number of fused-ring (bicyclic) bond motifs is 1. The first-order chi connectivity index (χ1) is 11.5. The second-order valence-electron chi connectivity index (χ2n) is 7.93.